The van der Waals surface area contributed by atoms with Gasteiger partial charge in [-0.3, -0.25) is 9.59 Å². The van der Waals surface area contributed by atoms with Crippen LogP contribution in [0.25, 0.3) is 0 Å². The lowest BCUT2D eigenvalue weighted by Crippen LogP contribution is -2.45. The number of aliphatic hydroxyl groups excluding tert-OH is 2. The van der Waals surface area contributed by atoms with Crippen LogP contribution in [-0.4, -0.2) is 47.4 Å². The van der Waals surface area contributed by atoms with E-state index in [0.29, 0.717) is 19.4 Å². The van der Waals surface area contributed by atoms with Crippen molar-refractivity contribution in [3.05, 3.63) is 12.2 Å². The van der Waals surface area contributed by atoms with E-state index in [2.05, 4.69) is 19.2 Å². The molecule has 0 bridgehead atoms. The quantitative estimate of drug-likeness (QED) is 0.0320. The highest BCUT2D eigenvalue weighted by molar-refractivity contribution is 5.76. The standard InChI is InChI=1S/C75H147NO5/c1-3-5-7-9-11-13-15-44-49-53-57-61-65-69-75(80)81-70-66-62-58-54-50-46-43-41-39-37-35-33-31-29-27-25-23-21-19-17-18-20-22-24-26-28-30-32-34-36-38-40-42-45-48-52-56-60-64-68-74(79)76-72(71-77)73(78)67-63-59-55-51-47-16-14-12-10-8-6-4-2/h63,67,72-73,77-78H,3-62,64-66,68-71H2,1-2H3,(H,76,79)/b67-63+. The first-order chi connectivity index (χ1) is 40.0. The molecule has 0 saturated carbocycles. The molecule has 3 N–H and O–H groups in total. The summed E-state index contributed by atoms with van der Waals surface area (Å²) in [5.41, 5.74) is 0. The molecule has 6 heteroatoms. The first kappa shape index (κ1) is 79.6. The Bertz CT molecular complexity index is 1220. The van der Waals surface area contributed by atoms with E-state index in [0.717, 1.165) is 38.5 Å². The minimum absolute atomic E-state index is 0.0262. The summed E-state index contributed by atoms with van der Waals surface area (Å²) in [6.45, 7) is 4.94. The van der Waals surface area contributed by atoms with Gasteiger partial charge in [0.2, 0.25) is 5.91 Å². The molecule has 0 fully saturated rings. The molecule has 0 saturated heterocycles. The number of rotatable bonds is 71. The Hall–Kier alpha value is -1.40. The molecular weight excluding hydrogens is 995 g/mol. The summed E-state index contributed by atoms with van der Waals surface area (Å²) >= 11 is 0. The Morgan fingerprint density at radius 2 is 0.568 bits per heavy atom. The molecule has 0 heterocycles. The van der Waals surface area contributed by atoms with E-state index in [1.807, 2.05) is 6.08 Å². The SMILES string of the molecule is CCCCCCCCCCCC/C=C/C(O)C(CO)NC(=O)CCCCCCCCCCCCCCCCCCCCCCCCCCCCCCCCCCCCCCCCCOC(=O)CCCCCCCCCCCCCCC. The Morgan fingerprint density at radius 3 is 0.840 bits per heavy atom. The van der Waals surface area contributed by atoms with Crippen molar-refractivity contribution in [3.63, 3.8) is 0 Å². The molecule has 0 aliphatic heterocycles. The zero-order valence-corrected chi connectivity index (χ0v) is 55.3. The van der Waals surface area contributed by atoms with Gasteiger partial charge in [0.25, 0.3) is 0 Å². The third-order valence-corrected chi connectivity index (χ3v) is 17.8. The Morgan fingerprint density at radius 1 is 0.333 bits per heavy atom. The molecule has 0 aliphatic rings. The highest BCUT2D eigenvalue weighted by atomic mass is 16.5. The van der Waals surface area contributed by atoms with Crippen molar-refractivity contribution in [2.24, 2.45) is 0 Å². The fraction of sp³-hybridized carbons (Fsp3) is 0.947. The molecule has 0 spiro atoms. The van der Waals surface area contributed by atoms with E-state index in [1.165, 1.54) is 366 Å². The van der Waals surface area contributed by atoms with Crippen molar-refractivity contribution < 1.29 is 24.5 Å². The Labute approximate surface area is 508 Å². The molecule has 2 atom stereocenters. The van der Waals surface area contributed by atoms with Gasteiger partial charge in [-0.05, 0) is 32.1 Å². The Balaban J connectivity index is 3.27. The van der Waals surface area contributed by atoms with Gasteiger partial charge < -0.3 is 20.3 Å². The van der Waals surface area contributed by atoms with Crippen LogP contribution in [0.4, 0.5) is 0 Å². The minimum Gasteiger partial charge on any atom is -0.466 e. The summed E-state index contributed by atoms with van der Waals surface area (Å²) in [6, 6.07) is -0.621. The number of unbranched alkanes of at least 4 members (excludes halogenated alkanes) is 60. The largest absolute Gasteiger partial charge is 0.466 e. The molecule has 0 rings (SSSR count). The maximum Gasteiger partial charge on any atom is 0.305 e. The summed E-state index contributed by atoms with van der Waals surface area (Å²) < 4.78 is 5.50. The lowest BCUT2D eigenvalue weighted by atomic mass is 10.0. The van der Waals surface area contributed by atoms with Gasteiger partial charge in [-0.1, -0.05) is 398 Å². The lowest BCUT2D eigenvalue weighted by molar-refractivity contribution is -0.143. The van der Waals surface area contributed by atoms with Crippen LogP contribution in [0, 0.1) is 0 Å². The van der Waals surface area contributed by atoms with Crippen LogP contribution >= 0.6 is 0 Å². The maximum atomic E-state index is 12.5. The van der Waals surface area contributed by atoms with Gasteiger partial charge in [0.05, 0.1) is 25.4 Å². The van der Waals surface area contributed by atoms with Gasteiger partial charge in [0.1, 0.15) is 0 Å². The van der Waals surface area contributed by atoms with Crippen LogP contribution in [0.3, 0.4) is 0 Å². The van der Waals surface area contributed by atoms with Crippen LogP contribution in [0.5, 0.6) is 0 Å². The molecule has 81 heavy (non-hydrogen) atoms. The third-order valence-electron chi connectivity index (χ3n) is 17.8. The van der Waals surface area contributed by atoms with Crippen LogP contribution in [0.1, 0.15) is 431 Å². The molecule has 0 radical (unpaired) electrons. The number of allylic oxidation sites excluding steroid dienone is 1. The molecule has 0 aromatic heterocycles. The monoisotopic (exact) mass is 1140 g/mol. The number of carbonyl (C=O) groups excluding carboxylic acids is 2. The van der Waals surface area contributed by atoms with E-state index < -0.39 is 12.1 Å². The molecule has 1 amide bonds. The normalized spacial score (nSPS) is 12.5. The zero-order valence-electron chi connectivity index (χ0n) is 55.3. The number of hydrogen-bond donors (Lipinski definition) is 3. The van der Waals surface area contributed by atoms with E-state index in [-0.39, 0.29) is 18.5 Å². The minimum atomic E-state index is -0.838. The van der Waals surface area contributed by atoms with Crippen LogP contribution in [0.2, 0.25) is 0 Å². The first-order valence-electron chi connectivity index (χ1n) is 37.5. The zero-order chi connectivity index (χ0) is 58.5. The smallest absolute Gasteiger partial charge is 0.305 e. The average Bonchev–Trinajstić information content (AvgIpc) is 3.47. The number of ether oxygens (including phenoxy) is 1. The van der Waals surface area contributed by atoms with Crippen molar-refractivity contribution in [2.75, 3.05) is 13.2 Å². The van der Waals surface area contributed by atoms with Crippen LogP contribution in [-0.2, 0) is 14.3 Å². The first-order valence-corrected chi connectivity index (χ1v) is 37.5. The van der Waals surface area contributed by atoms with E-state index >= 15 is 0 Å². The molecule has 0 aromatic rings. The molecule has 0 aromatic carbocycles. The molecule has 482 valence electrons. The van der Waals surface area contributed by atoms with Crippen molar-refractivity contribution in [2.45, 2.75) is 443 Å². The average molecular weight is 1140 g/mol. The van der Waals surface area contributed by atoms with E-state index in [4.69, 9.17) is 4.74 Å². The van der Waals surface area contributed by atoms with Crippen molar-refractivity contribution in [1.82, 2.24) is 5.32 Å². The van der Waals surface area contributed by atoms with E-state index in [9.17, 15) is 19.8 Å². The van der Waals surface area contributed by atoms with Crippen molar-refractivity contribution in [1.29, 1.82) is 0 Å². The van der Waals surface area contributed by atoms with Crippen molar-refractivity contribution >= 4 is 11.9 Å². The van der Waals surface area contributed by atoms with Gasteiger partial charge in [0.15, 0.2) is 0 Å². The van der Waals surface area contributed by atoms with Crippen LogP contribution in [0.15, 0.2) is 12.2 Å². The summed E-state index contributed by atoms with van der Waals surface area (Å²) in [7, 11) is 0. The molecular formula is C75H147NO5. The highest BCUT2D eigenvalue weighted by Gasteiger charge is 2.18. The number of aliphatic hydroxyl groups is 2. The summed E-state index contributed by atoms with van der Waals surface area (Å²) in [5, 5.41) is 23.1. The molecule has 0 aliphatic carbocycles. The fourth-order valence-electron chi connectivity index (χ4n) is 12.1. The number of carbonyl (C=O) groups is 2. The third kappa shape index (κ3) is 67.6. The molecule has 6 nitrogen and oxygen atoms in total. The number of esters is 1. The fourth-order valence-corrected chi connectivity index (χ4v) is 12.1. The predicted octanol–water partition coefficient (Wildman–Crippen LogP) is 24.3. The second kappa shape index (κ2) is 71.1. The number of amides is 1. The van der Waals surface area contributed by atoms with Gasteiger partial charge in [-0.25, -0.2) is 0 Å². The highest BCUT2D eigenvalue weighted by Crippen LogP contribution is 2.20. The molecule has 2 unspecified atom stereocenters. The van der Waals surface area contributed by atoms with Gasteiger partial charge in [0, 0.05) is 12.8 Å². The van der Waals surface area contributed by atoms with Crippen molar-refractivity contribution in [3.8, 4) is 0 Å². The Kier molecular flexibility index (Phi) is 69.9. The van der Waals surface area contributed by atoms with Gasteiger partial charge in [-0.2, -0.15) is 0 Å². The maximum absolute atomic E-state index is 12.5. The van der Waals surface area contributed by atoms with Crippen LogP contribution < -0.4 is 5.32 Å². The summed E-state index contributed by atoms with van der Waals surface area (Å²) in [6.07, 6.45) is 89.1. The number of nitrogens with one attached hydrogen (secondary N) is 1. The second-order valence-electron chi connectivity index (χ2n) is 26.0. The summed E-state index contributed by atoms with van der Waals surface area (Å²) in [5.74, 6) is -0.0339. The summed E-state index contributed by atoms with van der Waals surface area (Å²) in [4.78, 5) is 24.5. The number of hydrogen-bond acceptors (Lipinski definition) is 5. The van der Waals surface area contributed by atoms with E-state index in [1.54, 1.807) is 6.08 Å². The lowest BCUT2D eigenvalue weighted by Gasteiger charge is -2.20. The predicted molar refractivity (Wildman–Crippen MR) is 357 cm³/mol. The topological polar surface area (TPSA) is 95.9 Å². The van der Waals surface area contributed by atoms with Gasteiger partial charge in [-0.15, -0.1) is 0 Å². The second-order valence-corrected chi connectivity index (χ2v) is 26.0. The van der Waals surface area contributed by atoms with Gasteiger partial charge >= 0.3 is 5.97 Å².